The molecule has 2 rings (SSSR count). The van der Waals surface area contributed by atoms with E-state index < -0.39 is 5.60 Å². The van der Waals surface area contributed by atoms with Crippen molar-refractivity contribution in [3.8, 4) is 0 Å². The lowest BCUT2D eigenvalue weighted by Crippen LogP contribution is -2.49. The topological polar surface area (TPSA) is 105 Å². The van der Waals surface area contributed by atoms with Crippen LogP contribution in [0.15, 0.2) is 4.99 Å². The lowest BCUT2D eigenvalue weighted by atomic mass is 10.1. The number of hydrogen-bond acceptors (Lipinski definition) is 5. The molecule has 1 aliphatic rings. The van der Waals surface area contributed by atoms with Gasteiger partial charge in [0.2, 0.25) is 0 Å². The molecule has 0 aliphatic heterocycles. The smallest absolute Gasteiger partial charge is 0.407 e. The molecule has 1 amide bonds. The number of aliphatic imine (C=N–C) groups is 1. The third-order valence-electron chi connectivity index (χ3n) is 5.13. The second kappa shape index (κ2) is 11.2. The summed E-state index contributed by atoms with van der Waals surface area (Å²) in [5, 5.41) is 18.2. The number of rotatable bonds is 8. The molecular weight excluding hydrogens is 382 g/mol. The molecule has 30 heavy (non-hydrogen) atoms. The summed E-state index contributed by atoms with van der Waals surface area (Å²) in [5.74, 6) is 2.43. The molecule has 1 aromatic rings. The summed E-state index contributed by atoms with van der Waals surface area (Å²) >= 11 is 0. The summed E-state index contributed by atoms with van der Waals surface area (Å²) in [6.07, 6.45) is 6.21. The van der Waals surface area contributed by atoms with Crippen LogP contribution in [0.3, 0.4) is 0 Å². The third-order valence-corrected chi connectivity index (χ3v) is 5.13. The van der Waals surface area contributed by atoms with Crippen LogP contribution < -0.4 is 16.0 Å². The number of hydrogen-bond donors (Lipinski definition) is 3. The second-order valence-corrected chi connectivity index (χ2v) is 9.03. The number of alkyl carbamates (subject to hydrolysis) is 1. The number of carbonyl (C=O) groups excluding carboxylic acids is 1. The maximum Gasteiger partial charge on any atom is 0.407 e. The van der Waals surface area contributed by atoms with Crippen molar-refractivity contribution in [2.24, 2.45) is 12.0 Å². The van der Waals surface area contributed by atoms with Crippen LogP contribution in [-0.2, 0) is 18.3 Å². The Balaban J connectivity index is 2.00. The second-order valence-electron chi connectivity index (χ2n) is 9.03. The van der Waals surface area contributed by atoms with E-state index in [2.05, 4.69) is 33.1 Å². The van der Waals surface area contributed by atoms with Crippen LogP contribution in [0.2, 0.25) is 0 Å². The van der Waals surface area contributed by atoms with E-state index >= 15 is 0 Å². The van der Waals surface area contributed by atoms with Crippen molar-refractivity contribution in [3.63, 3.8) is 0 Å². The number of guanidine groups is 1. The van der Waals surface area contributed by atoms with Crippen LogP contribution in [0.25, 0.3) is 0 Å². The Labute approximate surface area is 180 Å². The first-order valence-electron chi connectivity index (χ1n) is 11.1. The zero-order valence-corrected chi connectivity index (χ0v) is 19.4. The fourth-order valence-electron chi connectivity index (χ4n) is 3.42. The van der Waals surface area contributed by atoms with E-state index in [9.17, 15) is 4.79 Å². The quantitative estimate of drug-likeness (QED) is 0.440. The Kier molecular flexibility index (Phi) is 8.92. The lowest BCUT2D eigenvalue weighted by molar-refractivity contribution is 0.0502. The van der Waals surface area contributed by atoms with Gasteiger partial charge in [0.05, 0.1) is 0 Å². The fraction of sp³-hybridized carbons (Fsp3) is 0.810. The summed E-state index contributed by atoms with van der Waals surface area (Å²) in [5.41, 5.74) is -0.515. The number of nitrogens with one attached hydrogen (secondary N) is 3. The molecule has 9 heteroatoms. The predicted molar refractivity (Wildman–Crippen MR) is 118 cm³/mol. The summed E-state index contributed by atoms with van der Waals surface area (Å²) < 4.78 is 7.35. The molecule has 0 saturated heterocycles. The van der Waals surface area contributed by atoms with Crippen LogP contribution in [0.4, 0.5) is 4.79 Å². The Morgan fingerprint density at radius 3 is 2.57 bits per heavy atom. The van der Waals surface area contributed by atoms with E-state index in [4.69, 9.17) is 9.73 Å². The van der Waals surface area contributed by atoms with Gasteiger partial charge < -0.3 is 25.3 Å². The molecule has 0 aromatic carbocycles. The molecule has 1 saturated carbocycles. The van der Waals surface area contributed by atoms with Gasteiger partial charge in [-0.05, 0) is 47.0 Å². The molecule has 1 aromatic heterocycles. The zero-order valence-electron chi connectivity index (χ0n) is 19.4. The van der Waals surface area contributed by atoms with Gasteiger partial charge in [-0.2, -0.15) is 0 Å². The third kappa shape index (κ3) is 8.20. The number of carbonyl (C=O) groups is 1. The van der Waals surface area contributed by atoms with Crippen LogP contribution in [0, 0.1) is 6.92 Å². The van der Waals surface area contributed by atoms with E-state index in [0.29, 0.717) is 19.1 Å². The van der Waals surface area contributed by atoms with E-state index in [1.807, 2.05) is 39.3 Å². The van der Waals surface area contributed by atoms with Crippen LogP contribution in [0.5, 0.6) is 0 Å². The Bertz CT molecular complexity index is 703. The maximum absolute atomic E-state index is 12.2. The van der Waals surface area contributed by atoms with Gasteiger partial charge in [0, 0.05) is 25.7 Å². The number of aromatic nitrogens is 3. The van der Waals surface area contributed by atoms with Crippen LogP contribution in [0.1, 0.15) is 77.9 Å². The summed E-state index contributed by atoms with van der Waals surface area (Å²) in [6.45, 7) is 10.6. The largest absolute Gasteiger partial charge is 0.444 e. The van der Waals surface area contributed by atoms with Gasteiger partial charge >= 0.3 is 6.09 Å². The minimum absolute atomic E-state index is 0.0440. The maximum atomic E-state index is 12.2. The minimum atomic E-state index is -0.515. The Morgan fingerprint density at radius 2 is 2.00 bits per heavy atom. The van der Waals surface area contributed by atoms with Crippen molar-refractivity contribution in [2.75, 3.05) is 6.54 Å². The lowest BCUT2D eigenvalue weighted by Gasteiger charge is -2.25. The predicted octanol–water partition coefficient (Wildman–Crippen LogP) is 2.79. The van der Waals surface area contributed by atoms with Gasteiger partial charge in [0.25, 0.3) is 0 Å². The molecule has 1 aliphatic carbocycles. The van der Waals surface area contributed by atoms with E-state index in [1.165, 1.54) is 12.8 Å². The fourth-order valence-corrected chi connectivity index (χ4v) is 3.42. The molecule has 0 radical (unpaired) electrons. The van der Waals surface area contributed by atoms with Gasteiger partial charge in [0.1, 0.15) is 18.0 Å². The minimum Gasteiger partial charge on any atom is -0.444 e. The molecule has 1 atom stereocenters. The van der Waals surface area contributed by atoms with E-state index in [0.717, 1.165) is 43.3 Å². The van der Waals surface area contributed by atoms with Gasteiger partial charge in [-0.3, -0.25) is 0 Å². The number of ether oxygens (including phenoxy) is 1. The van der Waals surface area contributed by atoms with Gasteiger partial charge in [-0.1, -0.05) is 26.2 Å². The highest BCUT2D eigenvalue weighted by atomic mass is 16.6. The highest BCUT2D eigenvalue weighted by molar-refractivity contribution is 5.80. The zero-order chi connectivity index (χ0) is 22.1. The molecule has 1 unspecified atom stereocenters. The molecule has 1 fully saturated rings. The standard InChI is InChI=1S/C21H39N7O2/c1-7-10-17(25-20(29)30-21(3,4)5)13-22-19(24-16-11-8-9-12-16)23-14-18-27-26-15(2)28(18)6/h16-17H,7-14H2,1-6H3,(H,25,29)(H2,22,23,24). The van der Waals surface area contributed by atoms with Crippen molar-refractivity contribution in [1.82, 2.24) is 30.7 Å². The number of nitrogens with zero attached hydrogens (tertiary/aromatic N) is 4. The number of aryl methyl sites for hydroxylation is 1. The van der Waals surface area contributed by atoms with Gasteiger partial charge in [0.15, 0.2) is 11.8 Å². The molecule has 3 N–H and O–H groups in total. The molecule has 0 bridgehead atoms. The molecule has 1 heterocycles. The van der Waals surface area contributed by atoms with Crippen molar-refractivity contribution in [1.29, 1.82) is 0 Å². The molecule has 170 valence electrons. The Hall–Kier alpha value is -2.32. The normalized spacial score (nSPS) is 16.4. The van der Waals surface area contributed by atoms with Crippen molar-refractivity contribution >= 4 is 12.1 Å². The average Bonchev–Trinajstić information content (AvgIpc) is 3.27. The molecule has 0 spiro atoms. The SMILES string of the molecule is CCCC(CNC(=NCc1nnc(C)n1C)NC1CCCC1)NC(=O)OC(C)(C)C. The highest BCUT2D eigenvalue weighted by Crippen LogP contribution is 2.17. The molecule has 9 nitrogen and oxygen atoms in total. The number of amides is 1. The van der Waals surface area contributed by atoms with Gasteiger partial charge in [-0.25, -0.2) is 9.79 Å². The summed E-state index contributed by atoms with van der Waals surface area (Å²) in [4.78, 5) is 16.9. The van der Waals surface area contributed by atoms with E-state index in [-0.39, 0.29) is 12.1 Å². The first-order valence-corrected chi connectivity index (χ1v) is 11.1. The van der Waals surface area contributed by atoms with Crippen molar-refractivity contribution in [2.45, 2.75) is 97.4 Å². The summed E-state index contributed by atoms with van der Waals surface area (Å²) in [6, 6.07) is 0.387. The van der Waals surface area contributed by atoms with Gasteiger partial charge in [-0.15, -0.1) is 10.2 Å². The molecular formula is C21H39N7O2. The van der Waals surface area contributed by atoms with E-state index in [1.54, 1.807) is 0 Å². The highest BCUT2D eigenvalue weighted by Gasteiger charge is 2.21. The van der Waals surface area contributed by atoms with Crippen LogP contribution in [-0.4, -0.2) is 51.0 Å². The average molecular weight is 422 g/mol. The van der Waals surface area contributed by atoms with Crippen molar-refractivity contribution in [3.05, 3.63) is 11.6 Å². The van der Waals surface area contributed by atoms with Crippen molar-refractivity contribution < 1.29 is 9.53 Å². The first-order chi connectivity index (χ1) is 14.2. The van der Waals surface area contributed by atoms with Crippen LogP contribution >= 0.6 is 0 Å². The Morgan fingerprint density at radius 1 is 1.30 bits per heavy atom. The summed E-state index contributed by atoms with van der Waals surface area (Å²) in [7, 11) is 1.94. The first kappa shape index (κ1) is 24.0. The monoisotopic (exact) mass is 421 g/mol.